The van der Waals surface area contributed by atoms with Gasteiger partial charge in [0, 0.05) is 45.4 Å². The second-order valence-corrected chi connectivity index (χ2v) is 10.8. The summed E-state index contributed by atoms with van der Waals surface area (Å²) < 4.78 is 6.02. The molecule has 0 saturated carbocycles. The Bertz CT molecular complexity index is 1360. The maximum Gasteiger partial charge on any atom is 0.249 e. The number of rotatable bonds is 4. The first-order valence-electron chi connectivity index (χ1n) is 11.6. The van der Waals surface area contributed by atoms with E-state index in [1.54, 1.807) is 36.5 Å². The van der Waals surface area contributed by atoms with E-state index in [4.69, 9.17) is 49.5 Å². The maximum atomic E-state index is 13.2. The summed E-state index contributed by atoms with van der Waals surface area (Å²) >= 11 is 18.8. The molecule has 2 aliphatic heterocycles. The van der Waals surface area contributed by atoms with Gasteiger partial charge >= 0.3 is 0 Å². The molecule has 1 amide bonds. The lowest BCUT2D eigenvalue weighted by molar-refractivity contribution is -0.117. The van der Waals surface area contributed by atoms with Crippen LogP contribution in [0.2, 0.25) is 15.1 Å². The van der Waals surface area contributed by atoms with Crippen LogP contribution in [0.4, 0.5) is 11.5 Å². The van der Waals surface area contributed by atoms with Crippen molar-refractivity contribution in [3.63, 3.8) is 0 Å². The monoisotopic (exact) mass is 542 g/mol. The predicted molar refractivity (Wildman–Crippen MR) is 146 cm³/mol. The highest BCUT2D eigenvalue weighted by Gasteiger charge is 2.38. The molecule has 5 rings (SSSR count). The number of amides is 1. The summed E-state index contributed by atoms with van der Waals surface area (Å²) in [6.45, 7) is 6.86. The number of fused-ring (bicyclic) bond motifs is 1. The highest BCUT2D eigenvalue weighted by molar-refractivity contribution is 6.35. The van der Waals surface area contributed by atoms with E-state index >= 15 is 0 Å². The fraction of sp³-hybridized carbons (Fsp3) is 0.296. The first kappa shape index (κ1) is 25.0. The standard InChI is InChI=1S/C27H25Cl3N4O2/c1-15-14-34(27(2,3)36-15)24-9-5-17(13-31-24)25-20-11-18(28)7-8-22(20)33-26(35)23(32-25)10-16-4-6-19(29)12-21(16)30/h4-9,11-13,15,23H,10,14H2,1-3H3,(H,33,35). The molecule has 2 unspecified atom stereocenters. The number of halogens is 3. The van der Waals surface area contributed by atoms with Crippen molar-refractivity contribution in [2.45, 2.75) is 45.1 Å². The third-order valence-electron chi connectivity index (χ3n) is 6.39. The molecule has 0 spiro atoms. The van der Waals surface area contributed by atoms with Crippen molar-refractivity contribution in [1.29, 1.82) is 0 Å². The van der Waals surface area contributed by atoms with Gasteiger partial charge in [-0.2, -0.15) is 0 Å². The van der Waals surface area contributed by atoms with Crippen LogP contribution < -0.4 is 10.2 Å². The Hall–Kier alpha value is -2.64. The highest BCUT2D eigenvalue weighted by Crippen LogP contribution is 2.33. The average Bonchev–Trinajstić information content (AvgIpc) is 3.02. The third-order valence-corrected chi connectivity index (χ3v) is 7.21. The zero-order valence-corrected chi connectivity index (χ0v) is 22.3. The van der Waals surface area contributed by atoms with E-state index in [1.165, 1.54) is 0 Å². The molecule has 186 valence electrons. The Morgan fingerprint density at radius 3 is 2.50 bits per heavy atom. The topological polar surface area (TPSA) is 66.8 Å². The van der Waals surface area contributed by atoms with Crippen molar-refractivity contribution in [3.8, 4) is 0 Å². The van der Waals surface area contributed by atoms with Crippen molar-refractivity contribution in [1.82, 2.24) is 4.98 Å². The summed E-state index contributed by atoms with van der Waals surface area (Å²) in [5.74, 6) is 0.585. The van der Waals surface area contributed by atoms with Crippen LogP contribution in [-0.4, -0.2) is 41.0 Å². The van der Waals surface area contributed by atoms with E-state index in [0.29, 0.717) is 32.9 Å². The first-order chi connectivity index (χ1) is 17.1. The lowest BCUT2D eigenvalue weighted by Gasteiger charge is -2.30. The van der Waals surface area contributed by atoms with Gasteiger partial charge in [0.05, 0.1) is 17.5 Å². The molecule has 0 bridgehead atoms. The molecular weight excluding hydrogens is 519 g/mol. The van der Waals surface area contributed by atoms with Gasteiger partial charge in [0.25, 0.3) is 0 Å². The number of carbonyl (C=O) groups is 1. The number of benzodiazepines with no additional fused rings is 1. The van der Waals surface area contributed by atoms with Gasteiger partial charge in [-0.05, 0) is 68.8 Å². The van der Waals surface area contributed by atoms with Crippen molar-refractivity contribution in [2.75, 3.05) is 16.8 Å². The number of ether oxygens (including phenoxy) is 1. The molecule has 3 aromatic rings. The van der Waals surface area contributed by atoms with E-state index < -0.39 is 11.8 Å². The van der Waals surface area contributed by atoms with Gasteiger partial charge in [-0.15, -0.1) is 0 Å². The molecule has 2 atom stereocenters. The number of nitrogens with one attached hydrogen (secondary N) is 1. The average molecular weight is 544 g/mol. The lowest BCUT2D eigenvalue weighted by atomic mass is 10.0. The van der Waals surface area contributed by atoms with Crippen LogP contribution in [0.25, 0.3) is 0 Å². The Morgan fingerprint density at radius 1 is 1.08 bits per heavy atom. The molecule has 36 heavy (non-hydrogen) atoms. The van der Waals surface area contributed by atoms with Crippen LogP contribution in [0, 0.1) is 0 Å². The molecule has 1 N–H and O–H groups in total. The molecule has 1 aromatic heterocycles. The van der Waals surface area contributed by atoms with Crippen LogP contribution >= 0.6 is 34.8 Å². The third kappa shape index (κ3) is 4.96. The zero-order chi connectivity index (χ0) is 25.6. The summed E-state index contributed by atoms with van der Waals surface area (Å²) in [7, 11) is 0. The number of nitrogens with zero attached hydrogens (tertiary/aromatic N) is 3. The molecule has 1 fully saturated rings. The van der Waals surface area contributed by atoms with Crippen LogP contribution in [0.3, 0.4) is 0 Å². The van der Waals surface area contributed by atoms with E-state index in [-0.39, 0.29) is 12.0 Å². The number of carbonyl (C=O) groups excluding carboxylic acids is 1. The fourth-order valence-electron chi connectivity index (χ4n) is 4.71. The normalized spacial score (nSPS) is 21.0. The number of aliphatic imine (C=N–C) groups is 1. The second kappa shape index (κ2) is 9.67. The fourth-order valence-corrected chi connectivity index (χ4v) is 5.37. The zero-order valence-electron chi connectivity index (χ0n) is 20.1. The van der Waals surface area contributed by atoms with Crippen LogP contribution in [0.1, 0.15) is 37.5 Å². The van der Waals surface area contributed by atoms with Gasteiger partial charge < -0.3 is 15.0 Å². The Kier molecular flexibility index (Phi) is 6.72. The molecule has 0 radical (unpaired) electrons. The summed E-state index contributed by atoms with van der Waals surface area (Å²) in [5, 5.41) is 4.57. The summed E-state index contributed by atoms with van der Waals surface area (Å²) in [6, 6.07) is 13.8. The molecular formula is C27H25Cl3N4O2. The second-order valence-electron chi connectivity index (χ2n) is 9.50. The highest BCUT2D eigenvalue weighted by atomic mass is 35.5. The predicted octanol–water partition coefficient (Wildman–Crippen LogP) is 6.40. The van der Waals surface area contributed by atoms with Crippen molar-refractivity contribution < 1.29 is 9.53 Å². The minimum Gasteiger partial charge on any atom is -0.351 e. The minimum absolute atomic E-state index is 0.110. The van der Waals surface area contributed by atoms with E-state index in [2.05, 4.69) is 10.2 Å². The number of hydrogen-bond acceptors (Lipinski definition) is 5. The van der Waals surface area contributed by atoms with Gasteiger partial charge in [-0.1, -0.05) is 40.9 Å². The molecule has 2 aliphatic rings. The van der Waals surface area contributed by atoms with Crippen LogP contribution in [0.15, 0.2) is 59.7 Å². The number of hydrogen-bond donors (Lipinski definition) is 1. The van der Waals surface area contributed by atoms with Gasteiger partial charge in [0.1, 0.15) is 17.6 Å². The SMILES string of the molecule is CC1CN(c2ccc(C3=NC(Cc4ccc(Cl)cc4Cl)C(=O)Nc4ccc(Cl)cc43)cn2)C(C)(C)O1. The molecule has 2 aromatic carbocycles. The summed E-state index contributed by atoms with van der Waals surface area (Å²) in [4.78, 5) is 25.0. The van der Waals surface area contributed by atoms with Crippen LogP contribution in [-0.2, 0) is 16.0 Å². The summed E-state index contributed by atoms with van der Waals surface area (Å²) in [5.41, 5.74) is 3.11. The largest absolute Gasteiger partial charge is 0.351 e. The van der Waals surface area contributed by atoms with Crippen molar-refractivity contribution in [3.05, 3.63) is 86.5 Å². The maximum absolute atomic E-state index is 13.2. The van der Waals surface area contributed by atoms with Gasteiger partial charge in [-0.25, -0.2) is 4.98 Å². The Morgan fingerprint density at radius 2 is 1.83 bits per heavy atom. The van der Waals surface area contributed by atoms with Gasteiger partial charge in [0.15, 0.2) is 0 Å². The Balaban J connectivity index is 1.55. The van der Waals surface area contributed by atoms with E-state index in [1.807, 2.05) is 39.0 Å². The van der Waals surface area contributed by atoms with Gasteiger partial charge in [0.2, 0.25) is 5.91 Å². The number of anilines is 2. The number of aromatic nitrogens is 1. The molecule has 0 aliphatic carbocycles. The first-order valence-corrected chi connectivity index (χ1v) is 12.8. The number of pyridine rings is 1. The van der Waals surface area contributed by atoms with E-state index in [0.717, 1.165) is 29.1 Å². The minimum atomic E-state index is -0.712. The van der Waals surface area contributed by atoms with E-state index in [9.17, 15) is 4.79 Å². The molecule has 6 nitrogen and oxygen atoms in total. The molecule has 1 saturated heterocycles. The Labute approximate surface area is 225 Å². The molecule has 9 heteroatoms. The van der Waals surface area contributed by atoms with Crippen molar-refractivity contribution >= 4 is 57.9 Å². The van der Waals surface area contributed by atoms with Crippen LogP contribution in [0.5, 0.6) is 0 Å². The number of benzene rings is 2. The summed E-state index contributed by atoms with van der Waals surface area (Å²) in [6.07, 6.45) is 2.20. The smallest absolute Gasteiger partial charge is 0.249 e. The lowest BCUT2D eigenvalue weighted by Crippen LogP contribution is -2.39. The van der Waals surface area contributed by atoms with Gasteiger partial charge in [-0.3, -0.25) is 9.79 Å². The van der Waals surface area contributed by atoms with Crippen molar-refractivity contribution in [2.24, 2.45) is 4.99 Å². The quantitative estimate of drug-likeness (QED) is 0.413. The molecule has 3 heterocycles.